The summed E-state index contributed by atoms with van der Waals surface area (Å²) in [6, 6.07) is 0. The zero-order valence-electron chi connectivity index (χ0n) is 22.8. The van der Waals surface area contributed by atoms with Crippen LogP contribution < -0.4 is 17.3 Å². The molecule has 2 atom stereocenters. The Morgan fingerprint density at radius 1 is 0.625 bits per heavy atom. The van der Waals surface area contributed by atoms with E-state index in [4.69, 9.17) is 13.3 Å². The van der Waals surface area contributed by atoms with Gasteiger partial charge in [0, 0.05) is 26.9 Å². The molecule has 2 unspecified atom stereocenters. The second-order valence-electron chi connectivity index (χ2n) is 9.77. The van der Waals surface area contributed by atoms with Crippen LogP contribution in [0.3, 0.4) is 0 Å². The molecule has 0 radical (unpaired) electrons. The maximum Gasteiger partial charge on any atom is 0.503 e. The van der Waals surface area contributed by atoms with Crippen LogP contribution in [0.25, 0.3) is 0 Å². The van der Waals surface area contributed by atoms with Crippen LogP contribution in [-0.4, -0.2) is 50.8 Å². The molecule has 32 heavy (non-hydrogen) atoms. The topological polar surface area (TPSA) is 32.1 Å². The Morgan fingerprint density at radius 2 is 1.03 bits per heavy atom. The summed E-state index contributed by atoms with van der Waals surface area (Å²) in [5.41, 5.74) is 0.411. The molecule has 0 saturated carbocycles. The zero-order chi connectivity index (χ0) is 23.4. The van der Waals surface area contributed by atoms with Gasteiger partial charge in [-0.15, -0.1) is 0 Å². The first kappa shape index (κ1) is 34.5. The molecule has 6 heteroatoms. The lowest BCUT2D eigenvalue weighted by Gasteiger charge is -2.37. The first-order valence-electron chi connectivity index (χ1n) is 13.5. The highest BCUT2D eigenvalue weighted by Gasteiger charge is 2.49. The summed E-state index contributed by atoms with van der Waals surface area (Å²) < 4.78 is 17.8. The molecular weight excluding hydrogens is 438 g/mol. The summed E-state index contributed by atoms with van der Waals surface area (Å²) in [6.45, 7) is 5.87. The maximum absolute atomic E-state index is 5.93. The Morgan fingerprint density at radius 3 is 1.41 bits per heavy atom. The van der Waals surface area contributed by atoms with E-state index in [9.17, 15) is 0 Å². The number of hydrogen-bond donors (Lipinski definition) is 1. The molecule has 0 fully saturated rings. The molecule has 1 N–H and O–H groups in total. The number of quaternary nitrogens is 1. The number of nitrogens with one attached hydrogen (secondary N) is 1. The first-order valence-corrected chi connectivity index (χ1v) is 15.3. The average Bonchev–Trinajstić information content (AvgIpc) is 2.77. The zero-order valence-corrected chi connectivity index (χ0v) is 24.5. The van der Waals surface area contributed by atoms with Crippen molar-refractivity contribution in [2.45, 2.75) is 122 Å². The van der Waals surface area contributed by atoms with Crippen molar-refractivity contribution in [3.05, 3.63) is 0 Å². The van der Waals surface area contributed by atoms with Gasteiger partial charge in [0.2, 0.25) is 0 Å². The van der Waals surface area contributed by atoms with Crippen LogP contribution in [0.2, 0.25) is 5.54 Å². The normalized spacial score (nSPS) is 13.9. The Labute approximate surface area is 209 Å². The Hall–Kier alpha value is 0.347. The third kappa shape index (κ3) is 15.3. The molecule has 0 saturated heterocycles. The molecule has 0 aliphatic rings. The number of hydrogen-bond acceptors (Lipinski definition) is 3. The largest absolute Gasteiger partial charge is 1.00 e. The Bertz CT molecular complexity index is 376. The van der Waals surface area contributed by atoms with E-state index in [1.165, 1.54) is 103 Å². The van der Waals surface area contributed by atoms with Gasteiger partial charge in [-0.2, -0.15) is 0 Å². The van der Waals surface area contributed by atoms with Crippen molar-refractivity contribution in [3.63, 3.8) is 0 Å². The van der Waals surface area contributed by atoms with Gasteiger partial charge in [-0.25, -0.2) is 0 Å². The van der Waals surface area contributed by atoms with Gasteiger partial charge in [0.05, 0.1) is 20.6 Å². The highest BCUT2D eigenvalue weighted by Crippen LogP contribution is 2.40. The lowest BCUT2D eigenvalue weighted by molar-refractivity contribution is -0.858. The van der Waals surface area contributed by atoms with Crippen LogP contribution >= 0.6 is 0 Å². The smallest absolute Gasteiger partial charge is 0.503 e. The monoisotopic (exact) mass is 495 g/mol. The van der Waals surface area contributed by atoms with Crippen molar-refractivity contribution in [2.75, 3.05) is 42.0 Å². The minimum atomic E-state index is -2.60. The molecular formula is C26H58ClNO3Si. The maximum atomic E-state index is 5.93. The van der Waals surface area contributed by atoms with E-state index in [-0.39, 0.29) is 12.4 Å². The van der Waals surface area contributed by atoms with Crippen LogP contribution in [0.1, 0.15) is 117 Å². The van der Waals surface area contributed by atoms with Gasteiger partial charge in [0.25, 0.3) is 0 Å². The van der Waals surface area contributed by atoms with E-state index >= 15 is 0 Å². The molecule has 0 aromatic rings. The second-order valence-corrected chi connectivity index (χ2v) is 12.9. The number of unbranched alkanes of at least 4 members (excludes halogenated alkanes) is 11. The second kappa shape index (κ2) is 23.1. The van der Waals surface area contributed by atoms with Crippen molar-refractivity contribution in [1.82, 2.24) is 0 Å². The SMILES string of the molecule is CCCCCCCCCCC(CCCCCCC[NH+](C)C)C(CC)[Si](OC)(OC)OC.[Cl-]. The van der Waals surface area contributed by atoms with Gasteiger partial charge < -0.3 is 30.6 Å². The molecule has 0 aromatic carbocycles. The van der Waals surface area contributed by atoms with Gasteiger partial charge in [0.1, 0.15) is 0 Å². The third-order valence-corrected chi connectivity index (χ3v) is 10.5. The number of halogens is 1. The van der Waals surface area contributed by atoms with Gasteiger partial charge in [-0.1, -0.05) is 97.3 Å². The highest BCUT2D eigenvalue weighted by molar-refractivity contribution is 6.62. The quantitative estimate of drug-likeness (QED) is 0.174. The van der Waals surface area contributed by atoms with Gasteiger partial charge in [-0.3, -0.25) is 0 Å². The predicted octanol–water partition coefficient (Wildman–Crippen LogP) is 3.28. The van der Waals surface area contributed by atoms with Gasteiger partial charge >= 0.3 is 8.80 Å². The number of rotatable bonds is 23. The average molecular weight is 496 g/mol. The van der Waals surface area contributed by atoms with E-state index < -0.39 is 8.80 Å². The molecule has 4 nitrogen and oxygen atoms in total. The first-order chi connectivity index (χ1) is 15.0. The van der Waals surface area contributed by atoms with Crippen molar-refractivity contribution < 1.29 is 30.6 Å². The molecule has 196 valence electrons. The fourth-order valence-electron chi connectivity index (χ4n) is 5.08. The van der Waals surface area contributed by atoms with Gasteiger partial charge in [-0.05, 0) is 25.2 Å². The van der Waals surface area contributed by atoms with Crippen molar-refractivity contribution in [1.29, 1.82) is 0 Å². The van der Waals surface area contributed by atoms with Crippen LogP contribution in [0.5, 0.6) is 0 Å². The predicted molar refractivity (Wildman–Crippen MR) is 137 cm³/mol. The van der Waals surface area contributed by atoms with Crippen molar-refractivity contribution in [2.24, 2.45) is 5.92 Å². The molecule has 0 bridgehead atoms. The standard InChI is InChI=1S/C26H57NO3Si.ClH/c1-8-10-11-12-13-14-16-19-22-25(23-20-17-15-18-21-24-27(3)4)26(9-2)31(28-5,29-6)30-7;/h25-26H,8-24H2,1-7H3;1H. The Kier molecular flexibility index (Phi) is 24.9. The molecule has 0 rings (SSSR count). The minimum absolute atomic E-state index is 0. The molecule has 0 aromatic heterocycles. The lowest BCUT2D eigenvalue weighted by atomic mass is 9.90. The minimum Gasteiger partial charge on any atom is -1.00 e. The van der Waals surface area contributed by atoms with Crippen molar-refractivity contribution in [3.8, 4) is 0 Å². The lowest BCUT2D eigenvalue weighted by Crippen LogP contribution is -3.05. The third-order valence-electron chi connectivity index (χ3n) is 7.00. The molecule has 0 aliphatic heterocycles. The summed E-state index contributed by atoms with van der Waals surface area (Å²) >= 11 is 0. The molecule has 0 amide bonds. The van der Waals surface area contributed by atoms with E-state index in [0.717, 1.165) is 6.42 Å². The summed E-state index contributed by atoms with van der Waals surface area (Å²) in [5, 5.41) is 0. The van der Waals surface area contributed by atoms with Crippen LogP contribution in [0.4, 0.5) is 0 Å². The summed E-state index contributed by atoms with van der Waals surface area (Å²) in [6.07, 6.45) is 21.5. The summed E-state index contributed by atoms with van der Waals surface area (Å²) in [7, 11) is 7.24. The van der Waals surface area contributed by atoms with Crippen molar-refractivity contribution >= 4 is 8.80 Å². The molecule has 0 aliphatic carbocycles. The van der Waals surface area contributed by atoms with Gasteiger partial charge in [0.15, 0.2) is 0 Å². The van der Waals surface area contributed by atoms with Crippen LogP contribution in [-0.2, 0) is 13.3 Å². The molecule has 0 spiro atoms. The van der Waals surface area contributed by atoms with E-state index in [1.54, 1.807) is 26.2 Å². The Balaban J connectivity index is 0. The molecule has 0 heterocycles. The van der Waals surface area contributed by atoms with E-state index in [0.29, 0.717) is 11.5 Å². The highest BCUT2D eigenvalue weighted by atomic mass is 35.5. The fourth-order valence-corrected chi connectivity index (χ4v) is 7.90. The fraction of sp³-hybridized carbons (Fsp3) is 1.00. The summed E-state index contributed by atoms with van der Waals surface area (Å²) in [4.78, 5) is 1.57. The van der Waals surface area contributed by atoms with E-state index in [2.05, 4.69) is 27.9 Å². The van der Waals surface area contributed by atoms with Crippen LogP contribution in [0, 0.1) is 5.92 Å². The van der Waals surface area contributed by atoms with E-state index in [1.807, 2.05) is 0 Å². The van der Waals surface area contributed by atoms with Crippen LogP contribution in [0.15, 0.2) is 0 Å². The summed E-state index contributed by atoms with van der Waals surface area (Å²) in [5.74, 6) is 0.655.